The van der Waals surface area contributed by atoms with Crippen LogP contribution < -0.4 is 0 Å². The summed E-state index contributed by atoms with van der Waals surface area (Å²) in [5.41, 5.74) is -0.0841. The second-order valence-electron chi connectivity index (χ2n) is 9.53. The van der Waals surface area contributed by atoms with E-state index in [1.807, 2.05) is 0 Å². The molecule has 0 heterocycles. The molecule has 0 bridgehead atoms. The van der Waals surface area contributed by atoms with Crippen LogP contribution in [-0.2, 0) is 19.1 Å². The molecule has 4 heteroatoms. The molecule has 0 saturated heterocycles. The lowest BCUT2D eigenvalue weighted by Gasteiger charge is -2.59. The Labute approximate surface area is 150 Å². The molecule has 0 amide bonds. The van der Waals surface area contributed by atoms with Gasteiger partial charge in [-0.3, -0.25) is 14.4 Å². The van der Waals surface area contributed by atoms with E-state index in [2.05, 4.69) is 13.8 Å². The van der Waals surface area contributed by atoms with Crippen molar-refractivity contribution in [1.29, 1.82) is 0 Å². The standard InChI is InChI=1S/C21H30O4/c1-20-9-8-16-13(15(20)6-7-18(20)23)5-4-12-10-17(22)14(19(24)25-3)11-21(12,16)2/h12-16H,4-11H2,1-3H3/t12?,13-,14?,15-,16-,20-,21-/m0/s1. The molecule has 4 rings (SSSR count). The van der Waals surface area contributed by atoms with Crippen LogP contribution in [0.4, 0.5) is 0 Å². The number of methoxy groups -OCH3 is 1. The second-order valence-corrected chi connectivity index (χ2v) is 9.53. The van der Waals surface area contributed by atoms with Crippen LogP contribution in [0.1, 0.15) is 65.2 Å². The van der Waals surface area contributed by atoms with E-state index in [9.17, 15) is 14.4 Å². The number of carbonyl (C=O) groups excluding carboxylic acids is 3. The number of fused-ring (bicyclic) bond motifs is 5. The highest BCUT2D eigenvalue weighted by Crippen LogP contribution is 2.65. The van der Waals surface area contributed by atoms with E-state index in [1.165, 1.54) is 7.11 Å². The summed E-state index contributed by atoms with van der Waals surface area (Å²) in [6.45, 7) is 4.51. The third-order valence-electron chi connectivity index (χ3n) is 8.74. The van der Waals surface area contributed by atoms with Crippen LogP contribution in [0.25, 0.3) is 0 Å². The molecule has 4 nitrogen and oxygen atoms in total. The van der Waals surface area contributed by atoms with Crippen LogP contribution >= 0.6 is 0 Å². The van der Waals surface area contributed by atoms with E-state index in [0.29, 0.717) is 42.3 Å². The van der Waals surface area contributed by atoms with Crippen molar-refractivity contribution in [2.45, 2.75) is 65.2 Å². The van der Waals surface area contributed by atoms with Crippen LogP contribution in [0, 0.1) is 40.4 Å². The zero-order chi connectivity index (χ0) is 18.0. The van der Waals surface area contributed by atoms with E-state index < -0.39 is 5.92 Å². The first kappa shape index (κ1) is 17.2. The molecule has 25 heavy (non-hydrogen) atoms. The van der Waals surface area contributed by atoms with Gasteiger partial charge in [-0.15, -0.1) is 0 Å². The molecule has 0 aromatic carbocycles. The van der Waals surface area contributed by atoms with Crippen molar-refractivity contribution in [3.8, 4) is 0 Å². The first-order chi connectivity index (χ1) is 11.8. The van der Waals surface area contributed by atoms with E-state index in [1.54, 1.807) is 0 Å². The Kier molecular flexibility index (Phi) is 3.90. The molecule has 138 valence electrons. The molecule has 2 unspecified atom stereocenters. The van der Waals surface area contributed by atoms with E-state index in [-0.39, 0.29) is 22.6 Å². The number of ketones is 2. The van der Waals surface area contributed by atoms with Crippen molar-refractivity contribution < 1.29 is 19.1 Å². The van der Waals surface area contributed by atoms with Gasteiger partial charge in [0.05, 0.1) is 7.11 Å². The summed E-state index contributed by atoms with van der Waals surface area (Å²) in [4.78, 5) is 37.1. The molecule has 0 aromatic heterocycles. The van der Waals surface area contributed by atoms with Crippen LogP contribution in [0.5, 0.6) is 0 Å². The minimum Gasteiger partial charge on any atom is -0.468 e. The zero-order valence-electron chi connectivity index (χ0n) is 15.7. The molecule has 4 aliphatic rings. The molecule has 0 radical (unpaired) electrons. The molecular formula is C21H30O4. The minimum absolute atomic E-state index is 0.0304. The van der Waals surface area contributed by atoms with Crippen molar-refractivity contribution in [2.24, 2.45) is 40.4 Å². The molecule has 0 N–H and O–H groups in total. The third kappa shape index (κ3) is 2.28. The Morgan fingerprint density at radius 1 is 1.08 bits per heavy atom. The van der Waals surface area contributed by atoms with Crippen molar-refractivity contribution in [2.75, 3.05) is 7.11 Å². The van der Waals surface area contributed by atoms with Gasteiger partial charge < -0.3 is 4.74 Å². The van der Waals surface area contributed by atoms with E-state index in [0.717, 1.165) is 38.5 Å². The number of hydrogen-bond acceptors (Lipinski definition) is 4. The highest BCUT2D eigenvalue weighted by molar-refractivity contribution is 5.99. The number of Topliss-reactive ketones (excluding diaryl/α,β-unsaturated/α-hetero) is 2. The SMILES string of the molecule is COC(=O)C1C[C@@]2(C)C(CC[C@@H]3[C@@H]2CC[C@]2(C)C(=O)CC[C@@H]32)CC1=O. The lowest BCUT2D eigenvalue weighted by molar-refractivity contribution is -0.163. The highest BCUT2D eigenvalue weighted by atomic mass is 16.5. The van der Waals surface area contributed by atoms with Crippen LogP contribution in [0.15, 0.2) is 0 Å². The monoisotopic (exact) mass is 346 g/mol. The summed E-state index contributed by atoms with van der Waals surface area (Å²) < 4.78 is 4.92. The summed E-state index contributed by atoms with van der Waals surface area (Å²) >= 11 is 0. The van der Waals surface area contributed by atoms with Gasteiger partial charge in [-0.25, -0.2) is 0 Å². The first-order valence-electron chi connectivity index (χ1n) is 9.95. The summed E-state index contributed by atoms with van der Waals surface area (Å²) in [7, 11) is 1.38. The Hall–Kier alpha value is -1.19. The largest absolute Gasteiger partial charge is 0.468 e. The van der Waals surface area contributed by atoms with Crippen molar-refractivity contribution in [1.82, 2.24) is 0 Å². The maximum absolute atomic E-state index is 12.5. The first-order valence-corrected chi connectivity index (χ1v) is 9.95. The fourth-order valence-electron chi connectivity index (χ4n) is 7.26. The molecule has 0 spiro atoms. The summed E-state index contributed by atoms with van der Waals surface area (Å²) in [5, 5.41) is 0. The Balaban J connectivity index is 1.64. The van der Waals surface area contributed by atoms with Crippen molar-refractivity contribution in [3.63, 3.8) is 0 Å². The predicted molar refractivity (Wildman–Crippen MR) is 92.6 cm³/mol. The quantitative estimate of drug-likeness (QED) is 0.538. The fourth-order valence-corrected chi connectivity index (χ4v) is 7.26. The molecule has 0 aliphatic heterocycles. The Bertz CT molecular complexity index is 625. The summed E-state index contributed by atoms with van der Waals surface area (Å²) in [5.74, 6) is 1.62. The van der Waals surface area contributed by atoms with Gasteiger partial charge in [0.15, 0.2) is 0 Å². The van der Waals surface area contributed by atoms with Gasteiger partial charge in [0.25, 0.3) is 0 Å². The van der Waals surface area contributed by atoms with Crippen LogP contribution in [-0.4, -0.2) is 24.6 Å². The normalized spacial score (nSPS) is 49.2. The van der Waals surface area contributed by atoms with Gasteiger partial charge in [-0.05, 0) is 67.6 Å². The van der Waals surface area contributed by atoms with E-state index in [4.69, 9.17) is 4.74 Å². The number of esters is 1. The van der Waals surface area contributed by atoms with Gasteiger partial charge in [0, 0.05) is 18.3 Å². The minimum atomic E-state index is -0.580. The fraction of sp³-hybridized carbons (Fsp3) is 0.857. The maximum atomic E-state index is 12.5. The molecule has 4 fully saturated rings. The summed E-state index contributed by atoms with van der Waals surface area (Å²) in [6.07, 6.45) is 7.22. The molecular weight excluding hydrogens is 316 g/mol. The highest BCUT2D eigenvalue weighted by Gasteiger charge is 2.61. The number of rotatable bonds is 1. The van der Waals surface area contributed by atoms with Gasteiger partial charge in [0.2, 0.25) is 0 Å². The number of hydrogen-bond donors (Lipinski definition) is 0. The number of carbonyl (C=O) groups is 3. The van der Waals surface area contributed by atoms with Crippen LogP contribution in [0.2, 0.25) is 0 Å². The van der Waals surface area contributed by atoms with Crippen LogP contribution in [0.3, 0.4) is 0 Å². The average Bonchev–Trinajstić information content (AvgIpc) is 2.89. The van der Waals surface area contributed by atoms with Gasteiger partial charge in [0.1, 0.15) is 17.5 Å². The molecule has 7 atom stereocenters. The molecule has 4 aliphatic carbocycles. The number of ether oxygens (including phenoxy) is 1. The topological polar surface area (TPSA) is 60.4 Å². The van der Waals surface area contributed by atoms with Gasteiger partial charge in [-0.2, -0.15) is 0 Å². The van der Waals surface area contributed by atoms with E-state index >= 15 is 0 Å². The second kappa shape index (κ2) is 5.65. The smallest absolute Gasteiger partial charge is 0.316 e. The van der Waals surface area contributed by atoms with Gasteiger partial charge in [-0.1, -0.05) is 13.8 Å². The third-order valence-corrected chi connectivity index (χ3v) is 8.74. The molecule has 0 aromatic rings. The Morgan fingerprint density at radius 2 is 1.84 bits per heavy atom. The lowest BCUT2D eigenvalue weighted by Crippen LogP contribution is -2.55. The zero-order valence-corrected chi connectivity index (χ0v) is 15.7. The van der Waals surface area contributed by atoms with Gasteiger partial charge >= 0.3 is 5.97 Å². The van der Waals surface area contributed by atoms with Crippen molar-refractivity contribution in [3.05, 3.63) is 0 Å². The Morgan fingerprint density at radius 3 is 2.56 bits per heavy atom. The van der Waals surface area contributed by atoms with Crippen molar-refractivity contribution >= 4 is 17.5 Å². The predicted octanol–water partition coefficient (Wildman–Crippen LogP) is 3.57. The lowest BCUT2D eigenvalue weighted by atomic mass is 9.44. The average molecular weight is 346 g/mol. The maximum Gasteiger partial charge on any atom is 0.316 e. The summed E-state index contributed by atoms with van der Waals surface area (Å²) in [6, 6.07) is 0. The molecule has 4 saturated carbocycles.